The first-order chi connectivity index (χ1) is 9.20. The molecule has 0 spiro atoms. The maximum Gasteiger partial charge on any atom is 0.269 e. The van der Waals surface area contributed by atoms with Gasteiger partial charge in [0.25, 0.3) is 5.69 Å². The largest absolute Gasteiger partial charge is 0.269 e. The summed E-state index contributed by atoms with van der Waals surface area (Å²) in [5, 5.41) is 23.2. The molecule has 7 heteroatoms. The molecule has 0 radical (unpaired) electrons. The van der Waals surface area contributed by atoms with Crippen molar-refractivity contribution < 1.29 is 4.92 Å². The first kappa shape index (κ1) is 12.7. The van der Waals surface area contributed by atoms with Crippen LogP contribution in [0.3, 0.4) is 0 Å². The second kappa shape index (κ2) is 5.73. The quantitative estimate of drug-likeness (QED) is 0.464. The lowest BCUT2D eigenvalue weighted by molar-refractivity contribution is -0.384. The molecule has 1 aromatic carbocycles. The Bertz CT molecular complexity index is 612. The van der Waals surface area contributed by atoms with Crippen LogP contribution >= 0.6 is 0 Å². The van der Waals surface area contributed by atoms with Gasteiger partial charge in [-0.15, -0.1) is 0 Å². The van der Waals surface area contributed by atoms with Crippen LogP contribution < -0.4 is 0 Å². The molecule has 2 aromatic rings. The zero-order valence-electron chi connectivity index (χ0n) is 10.1. The van der Waals surface area contributed by atoms with Crippen molar-refractivity contribution >= 4 is 5.69 Å². The lowest BCUT2D eigenvalue weighted by Gasteiger charge is -1.97. The van der Waals surface area contributed by atoms with Crippen LogP contribution in [0.2, 0.25) is 0 Å². The Morgan fingerprint density at radius 1 is 1.37 bits per heavy atom. The first-order valence-electron chi connectivity index (χ1n) is 5.72. The topological polar surface area (TPSA) is 97.6 Å². The number of hydrogen-bond acceptors (Lipinski definition) is 5. The minimum absolute atomic E-state index is 0.0391. The minimum Gasteiger partial charge on any atom is -0.258 e. The molecule has 1 heterocycles. The molecular weight excluding hydrogens is 246 g/mol. The van der Waals surface area contributed by atoms with E-state index >= 15 is 0 Å². The van der Waals surface area contributed by atoms with E-state index in [2.05, 4.69) is 16.2 Å². The highest BCUT2D eigenvalue weighted by molar-refractivity contribution is 5.56. The predicted octanol–water partition coefficient (Wildman–Crippen LogP) is 2.16. The van der Waals surface area contributed by atoms with E-state index in [0.717, 1.165) is 12.0 Å². The molecule has 96 valence electrons. The summed E-state index contributed by atoms with van der Waals surface area (Å²) in [5.74, 6) is 0.520. The second-order valence-electron chi connectivity index (χ2n) is 3.90. The number of nitriles is 1. The van der Waals surface area contributed by atoms with E-state index in [1.165, 1.54) is 12.1 Å². The lowest BCUT2D eigenvalue weighted by atomic mass is 10.2. The Balaban J connectivity index is 2.09. The maximum atomic E-state index is 10.5. The third kappa shape index (κ3) is 3.13. The number of non-ortho nitro benzene ring substituents is 1. The summed E-state index contributed by atoms with van der Waals surface area (Å²) >= 11 is 0. The monoisotopic (exact) mass is 257 g/mol. The molecule has 2 rings (SSSR count). The molecule has 0 aliphatic carbocycles. The average molecular weight is 257 g/mol. The Hall–Kier alpha value is -2.75. The van der Waals surface area contributed by atoms with Gasteiger partial charge in [-0.3, -0.25) is 14.8 Å². The maximum absolute atomic E-state index is 10.5. The van der Waals surface area contributed by atoms with Gasteiger partial charge in [-0.05, 0) is 18.6 Å². The molecule has 0 unspecified atom stereocenters. The number of nitrogens with zero attached hydrogens (tertiary/aromatic N) is 5. The molecule has 0 aliphatic rings. The van der Waals surface area contributed by atoms with E-state index in [1.807, 2.05) is 0 Å². The van der Waals surface area contributed by atoms with Gasteiger partial charge in [0.05, 0.1) is 11.0 Å². The fraction of sp³-hybridized carbons (Fsp3) is 0.250. The van der Waals surface area contributed by atoms with E-state index in [9.17, 15) is 10.1 Å². The third-order valence-corrected chi connectivity index (χ3v) is 2.55. The average Bonchev–Trinajstić information content (AvgIpc) is 2.88. The summed E-state index contributed by atoms with van der Waals surface area (Å²) in [7, 11) is 0. The number of nitro benzene ring substituents is 1. The third-order valence-electron chi connectivity index (χ3n) is 2.55. The fourth-order valence-electron chi connectivity index (χ4n) is 1.59. The number of hydrogen-bond donors (Lipinski definition) is 0. The van der Waals surface area contributed by atoms with Crippen molar-refractivity contribution in [2.45, 2.75) is 19.4 Å². The van der Waals surface area contributed by atoms with Gasteiger partial charge in [-0.2, -0.15) is 10.4 Å². The van der Waals surface area contributed by atoms with Gasteiger partial charge in [-0.25, -0.2) is 4.98 Å². The van der Waals surface area contributed by atoms with Gasteiger partial charge in [0.2, 0.25) is 0 Å². The molecule has 0 fully saturated rings. The van der Waals surface area contributed by atoms with Crippen molar-refractivity contribution in [2.75, 3.05) is 0 Å². The molecule has 0 aliphatic heterocycles. The van der Waals surface area contributed by atoms with E-state index in [1.54, 1.807) is 23.1 Å². The Morgan fingerprint density at radius 2 is 2.11 bits per heavy atom. The van der Waals surface area contributed by atoms with E-state index < -0.39 is 4.92 Å². The standard InChI is InChI=1S/C12H11N5O2/c13-7-1-2-8-16-9-14-12(15-16)10-3-5-11(6-4-10)17(18)19/h3-6,9H,1-2,8H2. The number of benzene rings is 1. The van der Waals surface area contributed by atoms with Gasteiger partial charge < -0.3 is 0 Å². The molecular formula is C12H11N5O2. The highest BCUT2D eigenvalue weighted by Crippen LogP contribution is 2.18. The number of aromatic nitrogens is 3. The van der Waals surface area contributed by atoms with Crippen LogP contribution in [0.1, 0.15) is 12.8 Å². The van der Waals surface area contributed by atoms with Crippen molar-refractivity contribution in [3.63, 3.8) is 0 Å². The van der Waals surface area contributed by atoms with Gasteiger partial charge in [0.1, 0.15) is 6.33 Å². The fourth-order valence-corrected chi connectivity index (χ4v) is 1.59. The molecule has 0 amide bonds. The summed E-state index contributed by atoms with van der Waals surface area (Å²) in [5.41, 5.74) is 0.766. The summed E-state index contributed by atoms with van der Waals surface area (Å²) in [6.07, 6.45) is 2.79. The first-order valence-corrected chi connectivity index (χ1v) is 5.72. The smallest absolute Gasteiger partial charge is 0.258 e. The van der Waals surface area contributed by atoms with Crippen molar-refractivity contribution in [3.8, 4) is 17.5 Å². The summed E-state index contributed by atoms with van der Waals surface area (Å²) in [6, 6.07) is 8.15. The van der Waals surface area contributed by atoms with Crippen LogP contribution in [-0.4, -0.2) is 19.7 Å². The summed E-state index contributed by atoms with van der Waals surface area (Å²) < 4.78 is 1.66. The van der Waals surface area contributed by atoms with Gasteiger partial charge in [-0.1, -0.05) is 0 Å². The minimum atomic E-state index is -0.447. The van der Waals surface area contributed by atoms with Crippen LogP contribution in [0.5, 0.6) is 0 Å². The molecule has 0 bridgehead atoms. The normalized spacial score (nSPS) is 10.1. The zero-order chi connectivity index (χ0) is 13.7. The highest BCUT2D eigenvalue weighted by atomic mass is 16.6. The molecule has 0 saturated carbocycles. The van der Waals surface area contributed by atoms with E-state index in [0.29, 0.717) is 18.8 Å². The predicted molar refractivity (Wildman–Crippen MR) is 67.0 cm³/mol. The Labute approximate surface area is 109 Å². The number of aryl methyl sites for hydroxylation is 1. The van der Waals surface area contributed by atoms with Crippen molar-refractivity contribution in [1.82, 2.24) is 14.8 Å². The molecule has 1 aromatic heterocycles. The van der Waals surface area contributed by atoms with Crippen molar-refractivity contribution in [3.05, 3.63) is 40.7 Å². The van der Waals surface area contributed by atoms with E-state index in [4.69, 9.17) is 5.26 Å². The van der Waals surface area contributed by atoms with Gasteiger partial charge >= 0.3 is 0 Å². The number of nitro groups is 1. The van der Waals surface area contributed by atoms with Gasteiger partial charge in [0.15, 0.2) is 5.82 Å². The SMILES string of the molecule is N#CCCCn1cnc(-c2ccc([N+](=O)[O-])cc2)n1. The van der Waals surface area contributed by atoms with E-state index in [-0.39, 0.29) is 5.69 Å². The second-order valence-corrected chi connectivity index (χ2v) is 3.90. The van der Waals surface area contributed by atoms with Crippen LogP contribution in [0.4, 0.5) is 5.69 Å². The molecule has 0 atom stereocenters. The highest BCUT2D eigenvalue weighted by Gasteiger charge is 2.08. The molecule has 0 N–H and O–H groups in total. The van der Waals surface area contributed by atoms with Crippen LogP contribution in [0, 0.1) is 21.4 Å². The number of unbranched alkanes of at least 4 members (excludes halogenated alkanes) is 1. The Kier molecular flexibility index (Phi) is 3.83. The summed E-state index contributed by atoms with van der Waals surface area (Å²) in [4.78, 5) is 14.2. The van der Waals surface area contributed by atoms with Crippen LogP contribution in [0.25, 0.3) is 11.4 Å². The van der Waals surface area contributed by atoms with Gasteiger partial charge in [0, 0.05) is 30.7 Å². The van der Waals surface area contributed by atoms with Crippen LogP contribution in [0.15, 0.2) is 30.6 Å². The molecule has 0 saturated heterocycles. The summed E-state index contributed by atoms with van der Waals surface area (Å²) in [6.45, 7) is 0.632. The molecule has 7 nitrogen and oxygen atoms in total. The van der Waals surface area contributed by atoms with Crippen LogP contribution in [-0.2, 0) is 6.54 Å². The molecule has 19 heavy (non-hydrogen) atoms. The Morgan fingerprint density at radius 3 is 2.74 bits per heavy atom. The van der Waals surface area contributed by atoms with Crippen molar-refractivity contribution in [1.29, 1.82) is 5.26 Å². The van der Waals surface area contributed by atoms with Crippen molar-refractivity contribution in [2.24, 2.45) is 0 Å². The zero-order valence-corrected chi connectivity index (χ0v) is 10.1. The number of rotatable bonds is 5. The lowest BCUT2D eigenvalue weighted by Crippen LogP contribution is -1.98.